The van der Waals surface area contributed by atoms with E-state index in [0.717, 1.165) is 29.0 Å². The predicted octanol–water partition coefficient (Wildman–Crippen LogP) is 3.84. The minimum Gasteiger partial charge on any atom is -0.492 e. The Morgan fingerprint density at radius 1 is 1.11 bits per heavy atom. The molecule has 192 valence electrons. The minimum atomic E-state index is -3.85. The Morgan fingerprint density at radius 2 is 1.83 bits per heavy atom. The first-order chi connectivity index (χ1) is 16.6. The number of benzene rings is 2. The van der Waals surface area contributed by atoms with E-state index in [4.69, 9.17) is 16.3 Å². The number of sulfonamides is 1. The molecule has 8 nitrogen and oxygen atoms in total. The Hall–Kier alpha value is -2.78. The lowest BCUT2D eigenvalue weighted by Gasteiger charge is -2.32. The number of anilines is 1. The van der Waals surface area contributed by atoms with E-state index in [0.29, 0.717) is 23.9 Å². The number of amides is 2. The summed E-state index contributed by atoms with van der Waals surface area (Å²) in [6.45, 7) is 5.86. The second-order valence-corrected chi connectivity index (χ2v) is 10.5. The molecule has 0 aromatic heterocycles. The van der Waals surface area contributed by atoms with Gasteiger partial charge < -0.3 is 15.0 Å². The molecule has 0 aliphatic heterocycles. The van der Waals surface area contributed by atoms with Crippen molar-refractivity contribution >= 4 is 39.1 Å². The quantitative estimate of drug-likeness (QED) is 0.402. The van der Waals surface area contributed by atoms with Gasteiger partial charge in [0, 0.05) is 18.1 Å². The lowest BCUT2D eigenvalue weighted by Crippen LogP contribution is -2.51. The third kappa shape index (κ3) is 8.43. The fourth-order valence-electron chi connectivity index (χ4n) is 3.49. The Balaban J connectivity index is 2.39. The van der Waals surface area contributed by atoms with Crippen molar-refractivity contribution in [3.63, 3.8) is 0 Å². The zero-order valence-corrected chi connectivity index (χ0v) is 22.2. The van der Waals surface area contributed by atoms with Gasteiger partial charge >= 0.3 is 0 Å². The molecule has 0 aliphatic rings. The third-order valence-corrected chi connectivity index (χ3v) is 6.71. The van der Waals surface area contributed by atoms with Gasteiger partial charge in [-0.1, -0.05) is 49.2 Å². The van der Waals surface area contributed by atoms with Crippen molar-refractivity contribution in [2.45, 2.75) is 46.2 Å². The number of ether oxygens (including phenoxy) is 1. The lowest BCUT2D eigenvalue weighted by atomic mass is 10.1. The standard InChI is InChI=1S/C25H34ClN3O5S/c1-5-7-15-27-25(31)19(3)28(17-20-11-10-12-21(26)16-20)24(30)18-29(35(4,32)33)22-13-8-9-14-23(22)34-6-2/h8-14,16,19H,5-7,15,17-18H2,1-4H3,(H,27,31)/t19-/m1/s1. The maximum absolute atomic E-state index is 13.6. The normalized spacial score (nSPS) is 12.0. The molecule has 0 saturated heterocycles. The summed E-state index contributed by atoms with van der Waals surface area (Å²) in [4.78, 5) is 27.8. The van der Waals surface area contributed by atoms with E-state index in [1.807, 2.05) is 6.92 Å². The van der Waals surface area contributed by atoms with Crippen LogP contribution in [0.15, 0.2) is 48.5 Å². The van der Waals surface area contributed by atoms with Crippen LogP contribution in [0.4, 0.5) is 5.69 Å². The molecule has 10 heteroatoms. The second kappa shape index (κ2) is 13.3. The first kappa shape index (κ1) is 28.5. The summed E-state index contributed by atoms with van der Waals surface area (Å²) in [5, 5.41) is 3.34. The molecule has 0 heterocycles. The molecule has 0 aliphatic carbocycles. The highest BCUT2D eigenvalue weighted by molar-refractivity contribution is 7.92. The van der Waals surface area contributed by atoms with Crippen LogP contribution < -0.4 is 14.4 Å². The van der Waals surface area contributed by atoms with Gasteiger partial charge in [-0.2, -0.15) is 0 Å². The SMILES string of the molecule is CCCCNC(=O)[C@@H](C)N(Cc1cccc(Cl)c1)C(=O)CN(c1ccccc1OCC)S(C)(=O)=O. The molecule has 0 bridgehead atoms. The molecule has 2 rings (SSSR count). The zero-order valence-electron chi connectivity index (χ0n) is 20.7. The zero-order chi connectivity index (χ0) is 26.0. The third-order valence-electron chi connectivity index (χ3n) is 5.35. The van der Waals surface area contributed by atoms with Crippen LogP contribution in [-0.2, 0) is 26.2 Å². The summed E-state index contributed by atoms with van der Waals surface area (Å²) in [6, 6.07) is 12.8. The summed E-state index contributed by atoms with van der Waals surface area (Å²) < 4.78 is 32.1. The van der Waals surface area contributed by atoms with Gasteiger partial charge in [-0.05, 0) is 50.1 Å². The van der Waals surface area contributed by atoms with E-state index >= 15 is 0 Å². The molecule has 2 aromatic rings. The fraction of sp³-hybridized carbons (Fsp3) is 0.440. The van der Waals surface area contributed by atoms with E-state index in [2.05, 4.69) is 5.32 Å². The Labute approximate surface area is 213 Å². The number of halogens is 1. The van der Waals surface area contributed by atoms with E-state index in [1.165, 1.54) is 4.90 Å². The number of hydrogen-bond acceptors (Lipinski definition) is 5. The van der Waals surface area contributed by atoms with Crippen molar-refractivity contribution in [1.29, 1.82) is 0 Å². The molecule has 0 radical (unpaired) electrons. The molecular formula is C25H34ClN3O5S. The van der Waals surface area contributed by atoms with Gasteiger partial charge in [0.2, 0.25) is 21.8 Å². The van der Waals surface area contributed by atoms with Gasteiger partial charge in [0.25, 0.3) is 0 Å². The van der Waals surface area contributed by atoms with Crippen molar-refractivity contribution in [1.82, 2.24) is 10.2 Å². The summed E-state index contributed by atoms with van der Waals surface area (Å²) in [5.74, 6) is -0.491. The van der Waals surface area contributed by atoms with Crippen molar-refractivity contribution in [2.24, 2.45) is 0 Å². The van der Waals surface area contributed by atoms with Crippen molar-refractivity contribution in [2.75, 3.05) is 30.3 Å². The van der Waals surface area contributed by atoms with Crippen molar-refractivity contribution in [3.05, 3.63) is 59.1 Å². The van der Waals surface area contributed by atoms with Crippen LogP contribution >= 0.6 is 11.6 Å². The Bertz CT molecular complexity index is 1110. The predicted molar refractivity (Wildman–Crippen MR) is 139 cm³/mol. The second-order valence-electron chi connectivity index (χ2n) is 8.14. The van der Waals surface area contributed by atoms with E-state index < -0.39 is 28.5 Å². The van der Waals surface area contributed by atoms with Crippen LogP contribution in [0, 0.1) is 0 Å². The Kier molecular flexibility index (Phi) is 10.9. The van der Waals surface area contributed by atoms with Gasteiger partial charge in [-0.25, -0.2) is 8.42 Å². The highest BCUT2D eigenvalue weighted by Crippen LogP contribution is 2.30. The number of nitrogens with zero attached hydrogens (tertiary/aromatic N) is 2. The first-order valence-corrected chi connectivity index (χ1v) is 13.8. The number of carbonyl (C=O) groups is 2. The maximum Gasteiger partial charge on any atom is 0.244 e. The first-order valence-electron chi connectivity index (χ1n) is 11.6. The number of hydrogen-bond donors (Lipinski definition) is 1. The van der Waals surface area contributed by atoms with Gasteiger partial charge in [-0.3, -0.25) is 13.9 Å². The topological polar surface area (TPSA) is 96.0 Å². The van der Waals surface area contributed by atoms with Crippen molar-refractivity contribution in [3.8, 4) is 5.75 Å². The molecule has 35 heavy (non-hydrogen) atoms. The van der Waals surface area contributed by atoms with Crippen LogP contribution in [-0.4, -0.2) is 57.1 Å². The summed E-state index contributed by atoms with van der Waals surface area (Å²) in [7, 11) is -3.85. The fourth-order valence-corrected chi connectivity index (χ4v) is 4.55. The molecule has 2 aromatic carbocycles. The molecule has 1 atom stereocenters. The molecule has 0 saturated carbocycles. The van der Waals surface area contributed by atoms with E-state index in [1.54, 1.807) is 62.4 Å². The number of rotatable bonds is 13. The average molecular weight is 524 g/mol. The van der Waals surface area contributed by atoms with Crippen LogP contribution in [0.2, 0.25) is 5.02 Å². The minimum absolute atomic E-state index is 0.0897. The number of carbonyl (C=O) groups excluding carboxylic acids is 2. The molecule has 1 N–H and O–H groups in total. The van der Waals surface area contributed by atoms with Crippen LogP contribution in [0.1, 0.15) is 39.2 Å². The van der Waals surface area contributed by atoms with E-state index in [-0.39, 0.29) is 18.1 Å². The number of para-hydroxylation sites is 2. The van der Waals surface area contributed by atoms with Gasteiger partial charge in [0.1, 0.15) is 18.3 Å². The van der Waals surface area contributed by atoms with E-state index in [9.17, 15) is 18.0 Å². The molecule has 0 spiro atoms. The van der Waals surface area contributed by atoms with Crippen LogP contribution in [0.3, 0.4) is 0 Å². The molecule has 0 unspecified atom stereocenters. The molecule has 2 amide bonds. The number of nitrogens with one attached hydrogen (secondary N) is 1. The summed E-state index contributed by atoms with van der Waals surface area (Å²) in [5.41, 5.74) is 0.979. The number of unbranched alkanes of at least 4 members (excludes halogenated alkanes) is 1. The molecule has 0 fully saturated rings. The highest BCUT2D eigenvalue weighted by atomic mass is 35.5. The smallest absolute Gasteiger partial charge is 0.244 e. The van der Waals surface area contributed by atoms with Gasteiger partial charge in [0.15, 0.2) is 0 Å². The van der Waals surface area contributed by atoms with Crippen LogP contribution in [0.25, 0.3) is 0 Å². The van der Waals surface area contributed by atoms with Gasteiger partial charge in [-0.15, -0.1) is 0 Å². The monoisotopic (exact) mass is 523 g/mol. The van der Waals surface area contributed by atoms with Crippen LogP contribution in [0.5, 0.6) is 5.75 Å². The average Bonchev–Trinajstić information content (AvgIpc) is 2.80. The summed E-state index contributed by atoms with van der Waals surface area (Å²) >= 11 is 6.12. The van der Waals surface area contributed by atoms with Gasteiger partial charge in [0.05, 0.1) is 18.6 Å². The van der Waals surface area contributed by atoms with Crippen molar-refractivity contribution < 1.29 is 22.7 Å². The molecular weight excluding hydrogens is 490 g/mol. The highest BCUT2D eigenvalue weighted by Gasteiger charge is 2.31. The maximum atomic E-state index is 13.6. The Morgan fingerprint density at radius 3 is 2.46 bits per heavy atom. The largest absolute Gasteiger partial charge is 0.492 e. The lowest BCUT2D eigenvalue weighted by molar-refractivity contribution is -0.139. The summed E-state index contributed by atoms with van der Waals surface area (Å²) in [6.07, 6.45) is 2.77.